The number of hydrogen-bond acceptors (Lipinski definition) is 4. The third-order valence-electron chi connectivity index (χ3n) is 3.66. The van der Waals surface area contributed by atoms with Crippen LogP contribution in [0.3, 0.4) is 0 Å². The second-order valence-corrected chi connectivity index (χ2v) is 7.05. The number of carbonyl (C=O) groups excluding carboxylic acids is 1. The van der Waals surface area contributed by atoms with Crippen LogP contribution in [0.5, 0.6) is 5.75 Å². The molecule has 0 radical (unpaired) electrons. The molecule has 28 heavy (non-hydrogen) atoms. The highest BCUT2D eigenvalue weighted by molar-refractivity contribution is 6.43. The third-order valence-corrected chi connectivity index (χ3v) is 4.68. The van der Waals surface area contributed by atoms with Crippen molar-refractivity contribution in [1.82, 2.24) is 5.32 Å². The topological polar surface area (TPSA) is 56.8 Å². The lowest BCUT2D eigenvalue weighted by atomic mass is 10.1. The Morgan fingerprint density at radius 1 is 0.964 bits per heavy atom. The van der Waals surface area contributed by atoms with Gasteiger partial charge < -0.3 is 19.5 Å². The van der Waals surface area contributed by atoms with Crippen LogP contribution in [0.2, 0.25) is 15.1 Å². The maximum atomic E-state index is 12.0. The zero-order chi connectivity index (χ0) is 20.4. The van der Waals surface area contributed by atoms with Crippen molar-refractivity contribution >= 4 is 40.7 Å². The molecule has 2 aromatic carbocycles. The Morgan fingerprint density at radius 3 is 2.46 bits per heavy atom. The Hall–Kier alpha value is -1.50. The summed E-state index contributed by atoms with van der Waals surface area (Å²) in [5.74, 6) is 0.0259. The van der Waals surface area contributed by atoms with E-state index in [2.05, 4.69) is 5.32 Å². The van der Waals surface area contributed by atoms with Gasteiger partial charge in [-0.15, -0.1) is 0 Å². The summed E-state index contributed by atoms with van der Waals surface area (Å²) in [5, 5.41) is 3.72. The van der Waals surface area contributed by atoms with Crippen LogP contribution in [0.15, 0.2) is 36.4 Å². The molecule has 8 heteroatoms. The van der Waals surface area contributed by atoms with Gasteiger partial charge in [0.05, 0.1) is 34.9 Å². The van der Waals surface area contributed by atoms with E-state index in [1.807, 2.05) is 31.2 Å². The summed E-state index contributed by atoms with van der Waals surface area (Å²) < 4.78 is 16.2. The Kier molecular flexibility index (Phi) is 9.88. The molecule has 0 aliphatic heterocycles. The lowest BCUT2D eigenvalue weighted by Gasteiger charge is -2.11. The molecule has 152 valence electrons. The molecule has 0 atom stereocenters. The third kappa shape index (κ3) is 7.86. The van der Waals surface area contributed by atoms with Crippen LogP contribution in [0.1, 0.15) is 18.1 Å². The van der Waals surface area contributed by atoms with Crippen molar-refractivity contribution in [2.45, 2.75) is 20.1 Å². The molecule has 0 bridgehead atoms. The average molecular weight is 447 g/mol. The molecule has 0 unspecified atom stereocenters. The first-order chi connectivity index (χ1) is 13.5. The van der Waals surface area contributed by atoms with Crippen LogP contribution in [-0.4, -0.2) is 32.3 Å². The number of carbonyl (C=O) groups is 1. The lowest BCUT2D eigenvalue weighted by Crippen LogP contribution is -2.28. The number of hydrogen-bond donors (Lipinski definition) is 1. The first-order valence-corrected chi connectivity index (χ1v) is 9.90. The Balaban J connectivity index is 1.76. The smallest absolute Gasteiger partial charge is 0.258 e. The van der Waals surface area contributed by atoms with Crippen molar-refractivity contribution in [3.63, 3.8) is 0 Å². The molecule has 2 rings (SSSR count). The van der Waals surface area contributed by atoms with Crippen LogP contribution >= 0.6 is 34.8 Å². The van der Waals surface area contributed by atoms with E-state index in [0.29, 0.717) is 53.8 Å². The predicted octanol–water partition coefficient (Wildman–Crippen LogP) is 4.90. The van der Waals surface area contributed by atoms with Crippen LogP contribution < -0.4 is 10.1 Å². The monoisotopic (exact) mass is 445 g/mol. The summed E-state index contributed by atoms with van der Waals surface area (Å²) in [6.45, 7) is 4.44. The fraction of sp³-hybridized carbons (Fsp3) is 0.350. The van der Waals surface area contributed by atoms with Crippen LogP contribution in [0.25, 0.3) is 0 Å². The molecule has 0 saturated carbocycles. The summed E-state index contributed by atoms with van der Waals surface area (Å²) in [6.07, 6.45) is 0. The van der Waals surface area contributed by atoms with Crippen molar-refractivity contribution in [1.29, 1.82) is 0 Å². The molecular weight excluding hydrogens is 425 g/mol. The molecule has 5 nitrogen and oxygen atoms in total. The van der Waals surface area contributed by atoms with Gasteiger partial charge in [0, 0.05) is 19.2 Å². The standard InChI is InChI=1S/C20H22Cl3NO4/c1-2-26-6-7-27-12-15-5-3-4-14(8-15)11-24-20(25)13-28-19-10-17(22)16(21)9-18(19)23/h3-5,8-10H,2,6-7,11-13H2,1H3,(H,24,25). The van der Waals surface area contributed by atoms with Gasteiger partial charge in [0.25, 0.3) is 5.91 Å². The minimum absolute atomic E-state index is 0.183. The maximum Gasteiger partial charge on any atom is 0.258 e. The molecule has 0 fully saturated rings. The van der Waals surface area contributed by atoms with Crippen molar-refractivity contribution in [2.24, 2.45) is 0 Å². The highest BCUT2D eigenvalue weighted by Crippen LogP contribution is 2.33. The molecule has 0 aliphatic carbocycles. The van der Waals surface area contributed by atoms with Gasteiger partial charge in [-0.3, -0.25) is 4.79 Å². The zero-order valence-electron chi connectivity index (χ0n) is 15.5. The van der Waals surface area contributed by atoms with Gasteiger partial charge in [-0.1, -0.05) is 59.1 Å². The summed E-state index contributed by atoms with van der Waals surface area (Å²) in [7, 11) is 0. The Morgan fingerprint density at radius 2 is 1.68 bits per heavy atom. The van der Waals surface area contributed by atoms with Crippen molar-refractivity contribution in [3.05, 3.63) is 62.6 Å². The quantitative estimate of drug-likeness (QED) is 0.394. The Bertz CT molecular complexity index is 786. The normalized spacial score (nSPS) is 10.7. The van der Waals surface area contributed by atoms with E-state index in [9.17, 15) is 4.79 Å². The van der Waals surface area contributed by atoms with Gasteiger partial charge in [0.2, 0.25) is 0 Å². The highest BCUT2D eigenvalue weighted by atomic mass is 35.5. The van der Waals surface area contributed by atoms with Crippen LogP contribution in [0.4, 0.5) is 0 Å². The first-order valence-electron chi connectivity index (χ1n) is 8.77. The largest absolute Gasteiger partial charge is 0.482 e. The molecular formula is C20H22Cl3NO4. The molecule has 0 heterocycles. The number of rotatable bonds is 11. The lowest BCUT2D eigenvalue weighted by molar-refractivity contribution is -0.123. The SMILES string of the molecule is CCOCCOCc1cccc(CNC(=O)COc2cc(Cl)c(Cl)cc2Cl)c1. The first kappa shape index (κ1) is 22.8. The summed E-state index contributed by atoms with van der Waals surface area (Å²) >= 11 is 17.8. The fourth-order valence-corrected chi connectivity index (χ4v) is 2.88. The van der Waals surface area contributed by atoms with Crippen LogP contribution in [-0.2, 0) is 27.4 Å². The van der Waals surface area contributed by atoms with Gasteiger partial charge in [-0.2, -0.15) is 0 Å². The number of halogens is 3. The van der Waals surface area contributed by atoms with E-state index in [4.69, 9.17) is 49.0 Å². The zero-order valence-corrected chi connectivity index (χ0v) is 17.7. The average Bonchev–Trinajstić information content (AvgIpc) is 2.68. The minimum atomic E-state index is -0.277. The van der Waals surface area contributed by atoms with Gasteiger partial charge in [0.15, 0.2) is 6.61 Å². The van der Waals surface area contributed by atoms with E-state index in [1.165, 1.54) is 12.1 Å². The Labute approximate surface area is 179 Å². The minimum Gasteiger partial charge on any atom is -0.482 e. The van der Waals surface area contributed by atoms with Gasteiger partial charge >= 0.3 is 0 Å². The molecule has 0 spiro atoms. The summed E-state index contributed by atoms with van der Waals surface area (Å²) in [4.78, 5) is 12.0. The number of benzene rings is 2. The molecule has 1 N–H and O–H groups in total. The molecule has 0 aliphatic rings. The van der Waals surface area contributed by atoms with E-state index in [1.54, 1.807) is 0 Å². The molecule has 0 saturated heterocycles. The van der Waals surface area contributed by atoms with Gasteiger partial charge in [-0.25, -0.2) is 0 Å². The number of ether oxygens (including phenoxy) is 3. The fourth-order valence-electron chi connectivity index (χ4n) is 2.29. The van der Waals surface area contributed by atoms with Crippen molar-refractivity contribution in [3.8, 4) is 5.75 Å². The van der Waals surface area contributed by atoms with E-state index >= 15 is 0 Å². The second-order valence-electron chi connectivity index (χ2n) is 5.83. The number of amides is 1. The van der Waals surface area contributed by atoms with E-state index in [-0.39, 0.29) is 12.5 Å². The van der Waals surface area contributed by atoms with E-state index < -0.39 is 0 Å². The molecule has 1 amide bonds. The molecule has 2 aromatic rings. The molecule has 0 aromatic heterocycles. The second kappa shape index (κ2) is 12.1. The summed E-state index contributed by atoms with van der Waals surface area (Å²) in [6, 6.07) is 10.8. The van der Waals surface area contributed by atoms with Gasteiger partial charge in [0.1, 0.15) is 5.75 Å². The van der Waals surface area contributed by atoms with E-state index in [0.717, 1.165) is 11.1 Å². The van der Waals surface area contributed by atoms with Crippen molar-refractivity contribution in [2.75, 3.05) is 26.4 Å². The highest BCUT2D eigenvalue weighted by Gasteiger charge is 2.09. The van der Waals surface area contributed by atoms with Crippen LogP contribution in [0, 0.1) is 0 Å². The predicted molar refractivity (Wildman–Crippen MR) is 111 cm³/mol. The summed E-state index contributed by atoms with van der Waals surface area (Å²) in [5.41, 5.74) is 1.99. The number of nitrogens with one attached hydrogen (secondary N) is 1. The van der Waals surface area contributed by atoms with Gasteiger partial charge in [-0.05, 0) is 24.1 Å². The maximum absolute atomic E-state index is 12.0. The van der Waals surface area contributed by atoms with Crippen molar-refractivity contribution < 1.29 is 19.0 Å².